The summed E-state index contributed by atoms with van der Waals surface area (Å²) in [6.45, 7) is 2.55. The Kier molecular flexibility index (Phi) is 4.48. The third-order valence-corrected chi connectivity index (χ3v) is 4.54. The predicted octanol–water partition coefficient (Wildman–Crippen LogP) is 0.975. The summed E-state index contributed by atoms with van der Waals surface area (Å²) in [5, 5.41) is 21.0. The van der Waals surface area contributed by atoms with Crippen molar-refractivity contribution in [3.63, 3.8) is 0 Å². The molecule has 0 spiro atoms. The second kappa shape index (κ2) is 6.91. The van der Waals surface area contributed by atoms with Gasteiger partial charge in [0.05, 0.1) is 25.4 Å². The first kappa shape index (κ1) is 16.2. The van der Waals surface area contributed by atoms with E-state index in [0.29, 0.717) is 24.3 Å². The molecule has 8 heteroatoms. The maximum absolute atomic E-state index is 14.6. The lowest BCUT2D eigenvalue weighted by molar-refractivity contribution is -0.0924. The minimum absolute atomic E-state index is 0.244. The van der Waals surface area contributed by atoms with Gasteiger partial charge >= 0.3 is 0 Å². The Morgan fingerprint density at radius 1 is 1.40 bits per heavy atom. The third kappa shape index (κ3) is 3.41. The van der Waals surface area contributed by atoms with Crippen LogP contribution in [0.3, 0.4) is 0 Å². The van der Waals surface area contributed by atoms with Gasteiger partial charge in [-0.15, -0.1) is 5.10 Å². The standard InChI is InChI=1S/C17H20FN5O2/c18-16-9-13(1-2-15(16)12-3-5-19-6-4-12)23-11-14(25-17(23)24)10-22-8-7-20-21-22/h1-3,7-9,14,17,19,24H,4-6,10-11H2. The number of hydrogen-bond donors (Lipinski definition) is 2. The molecule has 2 aliphatic rings. The first-order valence-electron chi connectivity index (χ1n) is 8.34. The number of aliphatic hydroxyl groups is 1. The molecule has 132 valence electrons. The van der Waals surface area contributed by atoms with Crippen LogP contribution in [0.1, 0.15) is 12.0 Å². The summed E-state index contributed by atoms with van der Waals surface area (Å²) < 4.78 is 21.8. The summed E-state index contributed by atoms with van der Waals surface area (Å²) in [5.41, 5.74) is 2.24. The summed E-state index contributed by atoms with van der Waals surface area (Å²) in [4.78, 5) is 1.64. The number of halogens is 1. The zero-order valence-corrected chi connectivity index (χ0v) is 13.7. The van der Waals surface area contributed by atoms with Crippen molar-refractivity contribution in [2.75, 3.05) is 24.5 Å². The lowest BCUT2D eigenvalue weighted by Crippen LogP contribution is -2.30. The average Bonchev–Trinajstić information content (AvgIpc) is 3.25. The number of rotatable bonds is 4. The summed E-state index contributed by atoms with van der Waals surface area (Å²) in [5.74, 6) is -0.280. The topological polar surface area (TPSA) is 75.4 Å². The molecule has 1 aromatic carbocycles. The van der Waals surface area contributed by atoms with E-state index >= 15 is 0 Å². The molecule has 0 radical (unpaired) electrons. The van der Waals surface area contributed by atoms with Crippen LogP contribution < -0.4 is 10.2 Å². The van der Waals surface area contributed by atoms with Gasteiger partial charge in [-0.2, -0.15) is 0 Å². The minimum atomic E-state index is -1.10. The predicted molar refractivity (Wildman–Crippen MR) is 90.1 cm³/mol. The van der Waals surface area contributed by atoms with Crippen LogP contribution >= 0.6 is 0 Å². The number of nitrogens with one attached hydrogen (secondary N) is 1. The van der Waals surface area contributed by atoms with Crippen LogP contribution in [0, 0.1) is 5.82 Å². The SMILES string of the molecule is OC1OC(Cn2ccnn2)CN1c1ccc(C2=CCNCC2)c(F)c1. The van der Waals surface area contributed by atoms with Crippen LogP contribution in [0.2, 0.25) is 0 Å². The van der Waals surface area contributed by atoms with E-state index in [-0.39, 0.29) is 11.9 Å². The van der Waals surface area contributed by atoms with Crippen LogP contribution in [0.5, 0.6) is 0 Å². The summed E-state index contributed by atoms with van der Waals surface area (Å²) in [7, 11) is 0. The van der Waals surface area contributed by atoms with Crippen LogP contribution in [0.15, 0.2) is 36.7 Å². The van der Waals surface area contributed by atoms with Crippen molar-refractivity contribution in [1.29, 1.82) is 0 Å². The van der Waals surface area contributed by atoms with Crippen LogP contribution in [0.4, 0.5) is 10.1 Å². The molecule has 0 bridgehead atoms. The minimum Gasteiger partial charge on any atom is -0.351 e. The first-order chi connectivity index (χ1) is 12.2. The number of nitrogens with zero attached hydrogens (tertiary/aromatic N) is 4. The Balaban J connectivity index is 1.49. The van der Waals surface area contributed by atoms with E-state index in [1.807, 2.05) is 12.1 Å². The number of aromatic nitrogens is 3. The quantitative estimate of drug-likeness (QED) is 0.860. The van der Waals surface area contributed by atoms with Gasteiger partial charge in [-0.3, -0.25) is 0 Å². The molecule has 1 aromatic heterocycles. The molecule has 1 saturated heterocycles. The van der Waals surface area contributed by atoms with Crippen molar-refractivity contribution in [2.24, 2.45) is 0 Å². The monoisotopic (exact) mass is 345 g/mol. The molecular weight excluding hydrogens is 325 g/mol. The molecule has 2 N–H and O–H groups in total. The Morgan fingerprint density at radius 3 is 3.04 bits per heavy atom. The fourth-order valence-electron chi connectivity index (χ4n) is 3.28. The van der Waals surface area contributed by atoms with Crippen molar-refractivity contribution in [2.45, 2.75) is 25.5 Å². The van der Waals surface area contributed by atoms with Gasteiger partial charge in [-0.05, 0) is 36.7 Å². The molecular formula is C17H20FN5O2. The van der Waals surface area contributed by atoms with Gasteiger partial charge < -0.3 is 20.1 Å². The molecule has 25 heavy (non-hydrogen) atoms. The number of aliphatic hydroxyl groups excluding tert-OH is 1. The number of hydrogen-bond acceptors (Lipinski definition) is 6. The van der Waals surface area contributed by atoms with Gasteiger partial charge in [0.25, 0.3) is 0 Å². The zero-order chi connectivity index (χ0) is 17.2. The van der Waals surface area contributed by atoms with Crippen molar-refractivity contribution in [3.8, 4) is 0 Å². The first-order valence-corrected chi connectivity index (χ1v) is 8.34. The molecule has 0 saturated carbocycles. The molecule has 0 aliphatic carbocycles. The van der Waals surface area contributed by atoms with Crippen molar-refractivity contribution in [1.82, 2.24) is 20.3 Å². The number of ether oxygens (including phenoxy) is 1. The highest BCUT2D eigenvalue weighted by atomic mass is 19.1. The Hall–Kier alpha value is -2.29. The highest BCUT2D eigenvalue weighted by molar-refractivity contribution is 5.69. The van der Waals surface area contributed by atoms with Crippen LogP contribution in [-0.2, 0) is 11.3 Å². The van der Waals surface area contributed by atoms with E-state index in [4.69, 9.17) is 4.74 Å². The van der Waals surface area contributed by atoms with E-state index in [1.54, 1.807) is 28.0 Å². The lowest BCUT2D eigenvalue weighted by Gasteiger charge is -2.22. The van der Waals surface area contributed by atoms with Crippen LogP contribution in [-0.4, -0.2) is 52.3 Å². The van der Waals surface area contributed by atoms with Gasteiger partial charge in [0, 0.05) is 24.0 Å². The lowest BCUT2D eigenvalue weighted by atomic mass is 9.99. The van der Waals surface area contributed by atoms with E-state index in [1.165, 1.54) is 6.07 Å². The fourth-order valence-corrected chi connectivity index (χ4v) is 3.28. The van der Waals surface area contributed by atoms with Crippen molar-refractivity contribution >= 4 is 11.3 Å². The smallest absolute Gasteiger partial charge is 0.238 e. The molecule has 0 amide bonds. The van der Waals surface area contributed by atoms with Crippen LogP contribution in [0.25, 0.3) is 5.57 Å². The summed E-state index contributed by atoms with van der Waals surface area (Å²) >= 11 is 0. The molecule has 4 rings (SSSR count). The Labute approximate surface area is 144 Å². The van der Waals surface area contributed by atoms with Gasteiger partial charge in [-0.25, -0.2) is 9.07 Å². The molecule has 2 atom stereocenters. The molecule has 1 fully saturated rings. The number of benzene rings is 1. The fraction of sp³-hybridized carbons (Fsp3) is 0.412. The molecule has 2 unspecified atom stereocenters. The maximum atomic E-state index is 14.6. The third-order valence-electron chi connectivity index (χ3n) is 4.54. The van der Waals surface area contributed by atoms with E-state index in [9.17, 15) is 9.50 Å². The van der Waals surface area contributed by atoms with E-state index < -0.39 is 6.41 Å². The maximum Gasteiger partial charge on any atom is 0.238 e. The molecule has 2 aromatic rings. The Bertz CT molecular complexity index is 764. The summed E-state index contributed by atoms with van der Waals surface area (Å²) in [6, 6.07) is 5.06. The second-order valence-corrected chi connectivity index (χ2v) is 6.21. The normalized spacial score (nSPS) is 23.8. The average molecular weight is 345 g/mol. The largest absolute Gasteiger partial charge is 0.351 e. The van der Waals surface area contributed by atoms with Gasteiger partial charge in [0.2, 0.25) is 6.41 Å². The summed E-state index contributed by atoms with van der Waals surface area (Å²) in [6.07, 6.45) is 4.81. The molecule has 7 nitrogen and oxygen atoms in total. The van der Waals surface area contributed by atoms with Crippen molar-refractivity contribution in [3.05, 3.63) is 48.0 Å². The Morgan fingerprint density at radius 2 is 2.32 bits per heavy atom. The van der Waals surface area contributed by atoms with Crippen molar-refractivity contribution < 1.29 is 14.2 Å². The number of anilines is 1. The molecule has 2 aliphatic heterocycles. The van der Waals surface area contributed by atoms with Gasteiger partial charge in [0.15, 0.2) is 0 Å². The van der Waals surface area contributed by atoms with Gasteiger partial charge in [0.1, 0.15) is 5.82 Å². The van der Waals surface area contributed by atoms with Gasteiger partial charge in [-0.1, -0.05) is 11.3 Å². The molecule has 3 heterocycles. The second-order valence-electron chi connectivity index (χ2n) is 6.21. The van der Waals surface area contributed by atoms with E-state index in [2.05, 4.69) is 15.6 Å². The highest BCUT2D eigenvalue weighted by Crippen LogP contribution is 2.29. The highest BCUT2D eigenvalue weighted by Gasteiger charge is 2.32. The zero-order valence-electron chi connectivity index (χ0n) is 13.7. The van der Waals surface area contributed by atoms with E-state index in [0.717, 1.165) is 25.1 Å².